The van der Waals surface area contributed by atoms with Gasteiger partial charge in [-0.1, -0.05) is 30.3 Å². The van der Waals surface area contributed by atoms with Gasteiger partial charge in [-0.05, 0) is 36.1 Å². The fourth-order valence-corrected chi connectivity index (χ4v) is 1.93. The van der Waals surface area contributed by atoms with Crippen LogP contribution in [0.3, 0.4) is 0 Å². The van der Waals surface area contributed by atoms with Gasteiger partial charge in [0.2, 0.25) is 0 Å². The highest BCUT2D eigenvalue weighted by atomic mass is 16.5. The van der Waals surface area contributed by atoms with Crippen molar-refractivity contribution in [3.05, 3.63) is 66.4 Å². The summed E-state index contributed by atoms with van der Waals surface area (Å²) in [7, 11) is 0. The van der Waals surface area contributed by atoms with E-state index in [0.717, 1.165) is 11.3 Å². The van der Waals surface area contributed by atoms with E-state index >= 15 is 0 Å². The number of ether oxygens (including phenoxy) is 2. The summed E-state index contributed by atoms with van der Waals surface area (Å²) >= 11 is 0. The van der Waals surface area contributed by atoms with Gasteiger partial charge in [-0.25, -0.2) is 0 Å². The molecule has 22 heavy (non-hydrogen) atoms. The van der Waals surface area contributed by atoms with Crippen LogP contribution in [0.25, 0.3) is 10.9 Å². The van der Waals surface area contributed by atoms with Crippen LogP contribution >= 0.6 is 0 Å². The first-order chi connectivity index (χ1) is 10.8. The van der Waals surface area contributed by atoms with E-state index < -0.39 is 0 Å². The van der Waals surface area contributed by atoms with E-state index in [2.05, 4.69) is 34.0 Å². The number of benzene rings is 2. The zero-order chi connectivity index (χ0) is 15.6. The first-order valence-electron chi connectivity index (χ1n) is 7.12. The molecule has 0 spiro atoms. The maximum atomic E-state index is 9.18. The Bertz CT molecular complexity index is 692. The lowest BCUT2D eigenvalue weighted by Crippen LogP contribution is -1.94. The third-order valence-corrected chi connectivity index (χ3v) is 3.01. The van der Waals surface area contributed by atoms with Gasteiger partial charge in [0.05, 0.1) is 6.61 Å². The molecule has 0 unspecified atom stereocenters. The second-order valence-electron chi connectivity index (χ2n) is 4.55. The van der Waals surface area contributed by atoms with Crippen molar-refractivity contribution >= 4 is 17.4 Å². The summed E-state index contributed by atoms with van der Waals surface area (Å²) in [6.45, 7) is 3.27. The molecule has 0 amide bonds. The molecule has 0 aliphatic rings. The van der Waals surface area contributed by atoms with Crippen LogP contribution in [0.5, 0.6) is 5.75 Å². The van der Waals surface area contributed by atoms with Crippen molar-refractivity contribution in [2.45, 2.75) is 13.5 Å². The molecular formula is C18H19NO3. The Labute approximate surface area is 129 Å². The molecule has 4 nitrogen and oxygen atoms in total. The van der Waals surface area contributed by atoms with E-state index in [1.807, 2.05) is 36.5 Å². The molecule has 1 N–H and O–H groups in total. The number of hydrogen-bond acceptors (Lipinski definition) is 3. The minimum absolute atomic E-state index is 0.431. The molecule has 114 valence electrons. The maximum absolute atomic E-state index is 9.18. The van der Waals surface area contributed by atoms with Gasteiger partial charge in [-0.3, -0.25) is 4.79 Å². The smallest absolute Gasteiger partial charge is 0.293 e. The van der Waals surface area contributed by atoms with E-state index in [9.17, 15) is 4.79 Å². The third-order valence-electron chi connectivity index (χ3n) is 3.01. The van der Waals surface area contributed by atoms with Crippen LogP contribution in [0.2, 0.25) is 0 Å². The van der Waals surface area contributed by atoms with Crippen LogP contribution in [0.15, 0.2) is 60.8 Å². The molecule has 0 saturated carbocycles. The number of aromatic nitrogens is 1. The number of carbonyl (C=O) groups excluding carboxylic acids is 1. The van der Waals surface area contributed by atoms with E-state index in [4.69, 9.17) is 4.74 Å². The zero-order valence-electron chi connectivity index (χ0n) is 12.5. The van der Waals surface area contributed by atoms with Gasteiger partial charge in [0.1, 0.15) is 12.4 Å². The Morgan fingerprint density at radius 2 is 1.91 bits per heavy atom. The van der Waals surface area contributed by atoms with Crippen molar-refractivity contribution in [3.8, 4) is 5.75 Å². The van der Waals surface area contributed by atoms with Crippen LogP contribution in [0.1, 0.15) is 12.5 Å². The van der Waals surface area contributed by atoms with E-state index in [0.29, 0.717) is 19.7 Å². The minimum atomic E-state index is 0.431. The number of carbonyl (C=O) groups is 1. The van der Waals surface area contributed by atoms with Crippen molar-refractivity contribution in [1.29, 1.82) is 0 Å². The lowest BCUT2D eigenvalue weighted by Gasteiger charge is -2.06. The van der Waals surface area contributed by atoms with Gasteiger partial charge in [0, 0.05) is 17.8 Å². The van der Waals surface area contributed by atoms with Crippen LogP contribution < -0.4 is 4.74 Å². The Kier molecular flexibility index (Phi) is 6.05. The monoisotopic (exact) mass is 297 g/mol. The Morgan fingerprint density at radius 1 is 1.09 bits per heavy atom. The highest BCUT2D eigenvalue weighted by molar-refractivity contribution is 5.80. The largest absolute Gasteiger partial charge is 0.489 e. The molecule has 4 heteroatoms. The van der Waals surface area contributed by atoms with Crippen LogP contribution in [-0.2, 0) is 16.1 Å². The highest BCUT2D eigenvalue weighted by Crippen LogP contribution is 2.20. The third kappa shape index (κ3) is 4.66. The molecule has 0 bridgehead atoms. The Hall–Kier alpha value is -2.75. The summed E-state index contributed by atoms with van der Waals surface area (Å²) in [5.74, 6) is 0.892. The summed E-state index contributed by atoms with van der Waals surface area (Å²) in [5.41, 5.74) is 2.29. The molecule has 0 fully saturated rings. The Morgan fingerprint density at radius 3 is 2.59 bits per heavy atom. The standard InChI is InChI=1S/C15H13NO.C3H6O2/c1-2-4-12(5-3-1)11-17-14-7-6-13-8-9-16-15(13)10-14;1-2-5-3-4/h1-10,16H,11H2;3H,2H2,1H3. The highest BCUT2D eigenvalue weighted by Gasteiger charge is 1.98. The van der Waals surface area contributed by atoms with Crippen molar-refractivity contribution < 1.29 is 14.3 Å². The number of aromatic amines is 1. The fourth-order valence-electron chi connectivity index (χ4n) is 1.93. The minimum Gasteiger partial charge on any atom is -0.489 e. The summed E-state index contributed by atoms with van der Waals surface area (Å²) in [6.07, 6.45) is 1.94. The number of H-pyrrole nitrogens is 1. The van der Waals surface area contributed by atoms with E-state index in [1.165, 1.54) is 10.9 Å². The normalized spacial score (nSPS) is 9.68. The number of nitrogens with one attached hydrogen (secondary N) is 1. The Balaban J connectivity index is 0.000000309. The molecule has 3 aromatic rings. The zero-order valence-corrected chi connectivity index (χ0v) is 12.5. The quantitative estimate of drug-likeness (QED) is 0.726. The van der Waals surface area contributed by atoms with Gasteiger partial charge in [0.25, 0.3) is 6.47 Å². The molecule has 0 atom stereocenters. The molecule has 0 aliphatic heterocycles. The maximum Gasteiger partial charge on any atom is 0.293 e. The van der Waals surface area contributed by atoms with Gasteiger partial charge < -0.3 is 14.5 Å². The van der Waals surface area contributed by atoms with Crippen LogP contribution in [0, 0.1) is 0 Å². The summed E-state index contributed by atoms with van der Waals surface area (Å²) < 4.78 is 9.90. The number of hydrogen-bond donors (Lipinski definition) is 1. The molecule has 1 heterocycles. The SMILES string of the molecule is CCOC=O.c1ccc(COc2ccc3cc[nH]c3c2)cc1. The lowest BCUT2D eigenvalue weighted by atomic mass is 10.2. The fraction of sp³-hybridized carbons (Fsp3) is 0.167. The average molecular weight is 297 g/mol. The van der Waals surface area contributed by atoms with Gasteiger partial charge in [-0.15, -0.1) is 0 Å². The van der Waals surface area contributed by atoms with Crippen molar-refractivity contribution in [1.82, 2.24) is 4.98 Å². The number of fused-ring (bicyclic) bond motifs is 1. The second kappa shape index (κ2) is 8.52. The first-order valence-corrected chi connectivity index (χ1v) is 7.12. The molecular weight excluding hydrogens is 278 g/mol. The topological polar surface area (TPSA) is 51.3 Å². The van der Waals surface area contributed by atoms with Gasteiger partial charge in [-0.2, -0.15) is 0 Å². The summed E-state index contributed by atoms with van der Waals surface area (Å²) in [4.78, 5) is 12.4. The number of rotatable bonds is 5. The van der Waals surface area contributed by atoms with Crippen molar-refractivity contribution in [2.75, 3.05) is 6.61 Å². The predicted molar refractivity (Wildman–Crippen MR) is 86.8 cm³/mol. The molecule has 3 rings (SSSR count). The molecule has 0 aliphatic carbocycles. The van der Waals surface area contributed by atoms with Crippen LogP contribution in [0.4, 0.5) is 0 Å². The second-order valence-corrected chi connectivity index (χ2v) is 4.55. The lowest BCUT2D eigenvalue weighted by molar-refractivity contribution is -0.128. The first kappa shape index (κ1) is 15.6. The van der Waals surface area contributed by atoms with Crippen molar-refractivity contribution in [3.63, 3.8) is 0 Å². The average Bonchev–Trinajstić information content (AvgIpc) is 3.03. The van der Waals surface area contributed by atoms with Crippen LogP contribution in [-0.4, -0.2) is 18.1 Å². The van der Waals surface area contributed by atoms with E-state index in [1.54, 1.807) is 6.92 Å². The van der Waals surface area contributed by atoms with Gasteiger partial charge >= 0.3 is 0 Å². The van der Waals surface area contributed by atoms with Crippen molar-refractivity contribution in [2.24, 2.45) is 0 Å². The molecule has 0 saturated heterocycles. The predicted octanol–water partition coefficient (Wildman–Crippen LogP) is 3.93. The summed E-state index contributed by atoms with van der Waals surface area (Å²) in [6, 6.07) is 18.3. The van der Waals surface area contributed by atoms with Gasteiger partial charge in [0.15, 0.2) is 0 Å². The molecule has 1 aromatic heterocycles. The van der Waals surface area contributed by atoms with E-state index in [-0.39, 0.29) is 0 Å². The molecule has 2 aromatic carbocycles. The summed E-state index contributed by atoms with van der Waals surface area (Å²) in [5, 5.41) is 1.21. The molecule has 0 radical (unpaired) electrons.